The average Bonchev–Trinajstić information content (AvgIpc) is 2.82. The standard InChI is InChI=1S/C22H17ClN4O5S/c1-32-19-5-3-2-4-18(19)27-33(30,31)20-12-16(10-11-17(20)23)22(29)26-25-21(28)15-8-6-14(13-24)7-9-15/h2-12,27H,1H3,(H,25,28)(H,26,29). The van der Waals surface area contributed by atoms with Crippen LogP contribution in [0.2, 0.25) is 5.02 Å². The predicted octanol–water partition coefficient (Wildman–Crippen LogP) is 3.10. The number of anilines is 1. The van der Waals surface area contributed by atoms with Gasteiger partial charge in [-0.25, -0.2) is 8.42 Å². The third-order valence-corrected chi connectivity index (χ3v) is 6.25. The molecule has 3 rings (SSSR count). The molecule has 0 radical (unpaired) electrons. The molecule has 0 heterocycles. The number of sulfonamides is 1. The topological polar surface area (TPSA) is 137 Å². The smallest absolute Gasteiger partial charge is 0.269 e. The lowest BCUT2D eigenvalue weighted by Gasteiger charge is -2.13. The van der Waals surface area contributed by atoms with Crippen LogP contribution in [0.1, 0.15) is 26.3 Å². The van der Waals surface area contributed by atoms with E-state index in [0.717, 1.165) is 6.07 Å². The molecule has 3 aromatic rings. The van der Waals surface area contributed by atoms with E-state index in [1.165, 1.54) is 49.6 Å². The Morgan fingerprint density at radius 1 is 0.939 bits per heavy atom. The summed E-state index contributed by atoms with van der Waals surface area (Å²) in [5, 5.41) is 8.71. The van der Waals surface area contributed by atoms with Crippen molar-refractivity contribution in [2.75, 3.05) is 11.8 Å². The first-order valence-corrected chi connectivity index (χ1v) is 11.2. The SMILES string of the molecule is COc1ccccc1NS(=O)(=O)c1cc(C(=O)NNC(=O)c2ccc(C#N)cc2)ccc1Cl. The van der Waals surface area contributed by atoms with Crippen LogP contribution in [-0.2, 0) is 10.0 Å². The number of carbonyl (C=O) groups excluding carboxylic acids is 2. The largest absolute Gasteiger partial charge is 0.495 e. The monoisotopic (exact) mass is 484 g/mol. The average molecular weight is 485 g/mol. The molecule has 0 unspecified atom stereocenters. The van der Waals surface area contributed by atoms with E-state index in [-0.39, 0.29) is 26.7 Å². The molecule has 0 aliphatic carbocycles. The van der Waals surface area contributed by atoms with Crippen LogP contribution in [0.15, 0.2) is 71.6 Å². The number of amides is 2. The molecule has 0 saturated heterocycles. The van der Waals surface area contributed by atoms with Crippen molar-refractivity contribution in [2.45, 2.75) is 4.90 Å². The number of hydrazine groups is 1. The summed E-state index contributed by atoms with van der Waals surface area (Å²) >= 11 is 6.08. The molecule has 0 spiro atoms. The van der Waals surface area contributed by atoms with Crippen molar-refractivity contribution in [3.63, 3.8) is 0 Å². The van der Waals surface area contributed by atoms with Crippen LogP contribution in [0.4, 0.5) is 5.69 Å². The zero-order chi connectivity index (χ0) is 24.0. The van der Waals surface area contributed by atoms with Crippen LogP contribution in [0, 0.1) is 11.3 Å². The van der Waals surface area contributed by atoms with Crippen molar-refractivity contribution in [3.05, 3.63) is 88.4 Å². The highest BCUT2D eigenvalue weighted by Crippen LogP contribution is 2.29. The predicted molar refractivity (Wildman–Crippen MR) is 121 cm³/mol. The minimum absolute atomic E-state index is 0.0556. The van der Waals surface area contributed by atoms with E-state index in [4.69, 9.17) is 21.6 Å². The molecule has 0 aliphatic rings. The summed E-state index contributed by atoms with van der Waals surface area (Å²) in [6.07, 6.45) is 0. The summed E-state index contributed by atoms with van der Waals surface area (Å²) in [4.78, 5) is 24.3. The van der Waals surface area contributed by atoms with Crippen molar-refractivity contribution in [3.8, 4) is 11.8 Å². The zero-order valence-corrected chi connectivity index (χ0v) is 18.7. The second-order valence-electron chi connectivity index (χ2n) is 6.55. The number of nitrogens with one attached hydrogen (secondary N) is 3. The number of rotatable bonds is 6. The van der Waals surface area contributed by atoms with Gasteiger partial charge in [-0.15, -0.1) is 0 Å². The summed E-state index contributed by atoms with van der Waals surface area (Å²) in [5.74, 6) is -1.08. The van der Waals surface area contributed by atoms with E-state index in [0.29, 0.717) is 11.3 Å². The Balaban J connectivity index is 1.76. The third kappa shape index (κ3) is 5.60. The molecule has 0 bridgehead atoms. The highest BCUT2D eigenvalue weighted by atomic mass is 35.5. The number of carbonyl (C=O) groups is 2. The first kappa shape index (κ1) is 23.6. The lowest BCUT2D eigenvalue weighted by atomic mass is 10.1. The fourth-order valence-corrected chi connectivity index (χ4v) is 4.33. The molecule has 33 heavy (non-hydrogen) atoms. The highest BCUT2D eigenvalue weighted by molar-refractivity contribution is 7.92. The zero-order valence-electron chi connectivity index (χ0n) is 17.1. The molecule has 2 amide bonds. The van der Waals surface area contributed by atoms with Crippen LogP contribution < -0.4 is 20.3 Å². The first-order chi connectivity index (χ1) is 15.7. The van der Waals surface area contributed by atoms with Gasteiger partial charge in [0.25, 0.3) is 21.8 Å². The number of benzene rings is 3. The van der Waals surface area contributed by atoms with Crippen molar-refractivity contribution >= 4 is 39.1 Å². The van der Waals surface area contributed by atoms with Crippen molar-refractivity contribution < 1.29 is 22.7 Å². The number of para-hydroxylation sites is 2. The molecule has 168 valence electrons. The van der Waals surface area contributed by atoms with E-state index in [1.807, 2.05) is 6.07 Å². The summed E-state index contributed by atoms with van der Waals surface area (Å²) in [6.45, 7) is 0. The van der Waals surface area contributed by atoms with Gasteiger partial charge in [0, 0.05) is 11.1 Å². The fourth-order valence-electron chi connectivity index (χ4n) is 2.73. The quantitative estimate of drug-likeness (QED) is 0.460. The molecule has 0 fully saturated rings. The Bertz CT molecular complexity index is 1350. The summed E-state index contributed by atoms with van der Waals surface area (Å²) in [5.41, 5.74) is 5.17. The number of ether oxygens (including phenoxy) is 1. The molecular weight excluding hydrogens is 468 g/mol. The van der Waals surface area contributed by atoms with Crippen LogP contribution in [-0.4, -0.2) is 27.3 Å². The molecule has 0 aliphatic heterocycles. The molecular formula is C22H17ClN4O5S. The second kappa shape index (κ2) is 10.0. The van der Waals surface area contributed by atoms with Gasteiger partial charge in [-0.2, -0.15) is 5.26 Å². The number of halogens is 1. The van der Waals surface area contributed by atoms with E-state index in [1.54, 1.807) is 18.2 Å². The molecule has 9 nitrogen and oxygen atoms in total. The molecule has 0 aromatic heterocycles. The van der Waals surface area contributed by atoms with Crippen molar-refractivity contribution in [1.29, 1.82) is 5.26 Å². The maximum absolute atomic E-state index is 12.9. The minimum atomic E-state index is -4.17. The van der Waals surface area contributed by atoms with Gasteiger partial charge in [0.1, 0.15) is 10.6 Å². The Labute approximate surface area is 195 Å². The van der Waals surface area contributed by atoms with Crippen LogP contribution >= 0.6 is 11.6 Å². The number of hydrogen-bond acceptors (Lipinski definition) is 6. The van der Waals surface area contributed by atoms with Gasteiger partial charge in [-0.1, -0.05) is 23.7 Å². The lowest BCUT2D eigenvalue weighted by molar-refractivity contribution is 0.0846. The van der Waals surface area contributed by atoms with Gasteiger partial charge in [-0.05, 0) is 54.6 Å². The summed E-state index contributed by atoms with van der Waals surface area (Å²) in [7, 11) is -2.77. The Morgan fingerprint density at radius 2 is 1.55 bits per heavy atom. The summed E-state index contributed by atoms with van der Waals surface area (Å²) < 4.78 is 33.3. The van der Waals surface area contributed by atoms with Crippen LogP contribution in [0.5, 0.6) is 5.75 Å². The van der Waals surface area contributed by atoms with E-state index < -0.39 is 21.8 Å². The van der Waals surface area contributed by atoms with Crippen molar-refractivity contribution in [1.82, 2.24) is 10.9 Å². The van der Waals surface area contributed by atoms with Gasteiger partial charge < -0.3 is 4.74 Å². The number of methoxy groups -OCH3 is 1. The maximum Gasteiger partial charge on any atom is 0.269 e. The Hall–Kier alpha value is -4.07. The van der Waals surface area contributed by atoms with Gasteiger partial charge in [-0.3, -0.25) is 25.2 Å². The number of hydrogen-bond donors (Lipinski definition) is 3. The van der Waals surface area contributed by atoms with Crippen LogP contribution in [0.25, 0.3) is 0 Å². The van der Waals surface area contributed by atoms with Gasteiger partial charge in [0.15, 0.2) is 0 Å². The number of nitriles is 1. The minimum Gasteiger partial charge on any atom is -0.495 e. The van der Waals surface area contributed by atoms with Gasteiger partial charge in [0.05, 0.1) is 29.5 Å². The number of nitrogens with zero attached hydrogens (tertiary/aromatic N) is 1. The highest BCUT2D eigenvalue weighted by Gasteiger charge is 2.22. The lowest BCUT2D eigenvalue weighted by Crippen LogP contribution is -2.41. The van der Waals surface area contributed by atoms with E-state index in [9.17, 15) is 18.0 Å². The third-order valence-electron chi connectivity index (χ3n) is 4.40. The van der Waals surface area contributed by atoms with Crippen molar-refractivity contribution in [2.24, 2.45) is 0 Å². The fraction of sp³-hybridized carbons (Fsp3) is 0.0455. The Morgan fingerprint density at radius 3 is 2.18 bits per heavy atom. The molecule has 0 saturated carbocycles. The second-order valence-corrected chi connectivity index (χ2v) is 8.61. The normalized spacial score (nSPS) is 10.6. The maximum atomic E-state index is 12.9. The van der Waals surface area contributed by atoms with Gasteiger partial charge in [0.2, 0.25) is 0 Å². The van der Waals surface area contributed by atoms with Crippen LogP contribution in [0.3, 0.4) is 0 Å². The molecule has 3 N–H and O–H groups in total. The van der Waals surface area contributed by atoms with Gasteiger partial charge >= 0.3 is 0 Å². The molecule has 11 heteroatoms. The first-order valence-electron chi connectivity index (χ1n) is 9.31. The molecule has 3 aromatic carbocycles. The summed E-state index contributed by atoms with van der Waals surface area (Å²) in [6, 6.07) is 17.8. The Kier molecular flexibility index (Phi) is 7.17. The van der Waals surface area contributed by atoms with E-state index in [2.05, 4.69) is 15.6 Å². The molecule has 0 atom stereocenters. The van der Waals surface area contributed by atoms with E-state index >= 15 is 0 Å².